The molecule has 24 heavy (non-hydrogen) atoms. The first-order chi connectivity index (χ1) is 11.7. The molecule has 0 bridgehead atoms. The first-order valence-electron chi connectivity index (χ1n) is 8.33. The summed E-state index contributed by atoms with van der Waals surface area (Å²) < 4.78 is 1.92. The summed E-state index contributed by atoms with van der Waals surface area (Å²) in [7, 11) is 0. The van der Waals surface area contributed by atoms with Crippen LogP contribution in [0.3, 0.4) is 0 Å². The molecular formula is C18H20N4OS. The van der Waals surface area contributed by atoms with E-state index in [9.17, 15) is 4.79 Å². The summed E-state index contributed by atoms with van der Waals surface area (Å²) in [5.41, 5.74) is 5.00. The van der Waals surface area contributed by atoms with E-state index in [1.165, 1.54) is 17.8 Å². The maximum atomic E-state index is 12.6. The molecule has 4 rings (SSSR count). The van der Waals surface area contributed by atoms with Crippen molar-refractivity contribution in [2.45, 2.75) is 26.2 Å². The van der Waals surface area contributed by atoms with Crippen LogP contribution in [0, 0.1) is 6.92 Å². The largest absolute Gasteiger partial charge is 0.284 e. The summed E-state index contributed by atoms with van der Waals surface area (Å²) in [5, 5.41) is 7.70. The highest BCUT2D eigenvalue weighted by atomic mass is 32.1. The molecule has 0 radical (unpaired) electrons. The second-order valence-corrected chi connectivity index (χ2v) is 7.18. The van der Waals surface area contributed by atoms with Gasteiger partial charge in [0, 0.05) is 18.5 Å². The predicted octanol–water partition coefficient (Wildman–Crippen LogP) is 3.53. The number of rotatable bonds is 3. The molecule has 0 spiro atoms. The Balaban J connectivity index is 1.64. The fourth-order valence-electron chi connectivity index (χ4n) is 3.11. The topological polar surface area (TPSA) is 50.2 Å². The highest BCUT2D eigenvalue weighted by Gasteiger charge is 2.19. The fraction of sp³-hybridized carbons (Fsp3) is 0.333. The van der Waals surface area contributed by atoms with Crippen molar-refractivity contribution < 1.29 is 4.79 Å². The molecule has 3 heterocycles. The Bertz CT molecular complexity index is 862. The van der Waals surface area contributed by atoms with Gasteiger partial charge in [-0.05, 0) is 38.0 Å². The number of hydrogen-bond donors (Lipinski definition) is 1. The van der Waals surface area contributed by atoms with Crippen molar-refractivity contribution in [3.63, 3.8) is 0 Å². The van der Waals surface area contributed by atoms with Gasteiger partial charge in [0.15, 0.2) is 0 Å². The van der Waals surface area contributed by atoms with E-state index in [0.717, 1.165) is 52.4 Å². The molecule has 1 aliphatic heterocycles. The van der Waals surface area contributed by atoms with Gasteiger partial charge >= 0.3 is 0 Å². The molecule has 0 atom stereocenters. The smallest absolute Gasteiger partial charge is 0.275 e. The zero-order valence-corrected chi connectivity index (χ0v) is 14.5. The highest BCUT2D eigenvalue weighted by Crippen LogP contribution is 2.30. The molecule has 6 heteroatoms. The molecular weight excluding hydrogens is 320 g/mol. The van der Waals surface area contributed by atoms with Crippen molar-refractivity contribution in [2.75, 3.05) is 13.1 Å². The van der Waals surface area contributed by atoms with Crippen LogP contribution < -0.4 is 5.43 Å². The van der Waals surface area contributed by atoms with Crippen LogP contribution in [-0.2, 0) is 0 Å². The number of benzene rings is 1. The normalized spacial score (nSPS) is 15.7. The number of carbonyl (C=O) groups excluding carboxylic acids is 1. The van der Waals surface area contributed by atoms with Gasteiger partial charge in [0.1, 0.15) is 4.83 Å². The molecule has 3 aromatic rings. The number of thiophene rings is 1. The van der Waals surface area contributed by atoms with Gasteiger partial charge < -0.3 is 0 Å². The van der Waals surface area contributed by atoms with E-state index in [-0.39, 0.29) is 5.91 Å². The average molecular weight is 340 g/mol. The lowest BCUT2D eigenvalue weighted by atomic mass is 10.2. The van der Waals surface area contributed by atoms with Gasteiger partial charge in [-0.1, -0.05) is 24.6 Å². The molecule has 1 N–H and O–H groups in total. The molecule has 0 saturated carbocycles. The number of carbonyl (C=O) groups is 1. The van der Waals surface area contributed by atoms with Crippen LogP contribution in [0.2, 0.25) is 0 Å². The highest BCUT2D eigenvalue weighted by molar-refractivity contribution is 7.20. The molecule has 1 fully saturated rings. The maximum absolute atomic E-state index is 12.6. The van der Waals surface area contributed by atoms with E-state index in [2.05, 4.69) is 10.5 Å². The van der Waals surface area contributed by atoms with Crippen LogP contribution in [0.1, 0.15) is 34.6 Å². The minimum absolute atomic E-state index is 0.0166. The SMILES string of the molecule is Cc1nn(-c2ccccc2)c2sc(C(=O)NN3CCCCC3)cc12. The van der Waals surface area contributed by atoms with Gasteiger partial charge in [-0.15, -0.1) is 11.3 Å². The van der Waals surface area contributed by atoms with Gasteiger partial charge in [-0.3, -0.25) is 10.2 Å². The molecule has 2 aromatic heterocycles. The third kappa shape index (κ3) is 2.83. The van der Waals surface area contributed by atoms with E-state index in [1.54, 1.807) is 0 Å². The van der Waals surface area contributed by atoms with Gasteiger partial charge in [0.05, 0.1) is 16.3 Å². The van der Waals surface area contributed by atoms with E-state index < -0.39 is 0 Å². The molecule has 1 aromatic carbocycles. The summed E-state index contributed by atoms with van der Waals surface area (Å²) in [6, 6.07) is 12.0. The molecule has 0 unspecified atom stereocenters. The van der Waals surface area contributed by atoms with Crippen LogP contribution in [0.5, 0.6) is 0 Å². The number of para-hydroxylation sites is 1. The minimum atomic E-state index is -0.0166. The standard InChI is InChI=1S/C18H20N4OS/c1-13-15-12-16(17(23)20-21-10-6-3-7-11-21)24-18(15)22(19-13)14-8-4-2-5-9-14/h2,4-5,8-9,12H,3,6-7,10-11H2,1H3,(H,20,23). The molecule has 1 amide bonds. The quantitative estimate of drug-likeness (QED) is 0.793. The summed E-state index contributed by atoms with van der Waals surface area (Å²) >= 11 is 1.50. The lowest BCUT2D eigenvalue weighted by molar-refractivity contribution is 0.0754. The van der Waals surface area contributed by atoms with Crippen molar-refractivity contribution in [1.82, 2.24) is 20.2 Å². The molecule has 5 nitrogen and oxygen atoms in total. The van der Waals surface area contributed by atoms with Gasteiger partial charge in [0.25, 0.3) is 5.91 Å². The number of nitrogens with zero attached hydrogens (tertiary/aromatic N) is 3. The Morgan fingerprint density at radius 3 is 2.67 bits per heavy atom. The Hall–Kier alpha value is -2.18. The zero-order chi connectivity index (χ0) is 16.5. The third-order valence-electron chi connectivity index (χ3n) is 4.38. The minimum Gasteiger partial charge on any atom is -0.284 e. The number of hydrazine groups is 1. The fourth-order valence-corrected chi connectivity index (χ4v) is 4.18. The lowest BCUT2D eigenvalue weighted by Gasteiger charge is -2.26. The zero-order valence-electron chi connectivity index (χ0n) is 13.7. The van der Waals surface area contributed by atoms with Crippen LogP contribution in [0.15, 0.2) is 36.4 Å². The Morgan fingerprint density at radius 2 is 1.92 bits per heavy atom. The van der Waals surface area contributed by atoms with Crippen LogP contribution >= 0.6 is 11.3 Å². The number of fused-ring (bicyclic) bond motifs is 1. The van der Waals surface area contributed by atoms with E-state index in [1.807, 2.05) is 53.0 Å². The molecule has 1 aliphatic rings. The van der Waals surface area contributed by atoms with Gasteiger partial charge in [0.2, 0.25) is 0 Å². The summed E-state index contributed by atoms with van der Waals surface area (Å²) in [4.78, 5) is 14.3. The Kier molecular flexibility index (Phi) is 4.08. The maximum Gasteiger partial charge on any atom is 0.275 e. The van der Waals surface area contributed by atoms with E-state index >= 15 is 0 Å². The Morgan fingerprint density at radius 1 is 1.17 bits per heavy atom. The van der Waals surface area contributed by atoms with Gasteiger partial charge in [-0.2, -0.15) is 5.10 Å². The monoisotopic (exact) mass is 340 g/mol. The second kappa shape index (κ2) is 6.37. The summed E-state index contributed by atoms with van der Waals surface area (Å²) in [6.45, 7) is 3.86. The second-order valence-electron chi connectivity index (χ2n) is 6.15. The number of aryl methyl sites for hydroxylation is 1. The summed E-state index contributed by atoms with van der Waals surface area (Å²) in [6.07, 6.45) is 3.55. The Labute approximate surface area is 144 Å². The number of piperidine rings is 1. The van der Waals surface area contributed by atoms with Crippen molar-refractivity contribution in [3.8, 4) is 5.69 Å². The van der Waals surface area contributed by atoms with Gasteiger partial charge in [-0.25, -0.2) is 9.69 Å². The third-order valence-corrected chi connectivity index (χ3v) is 5.49. The first-order valence-corrected chi connectivity index (χ1v) is 9.14. The average Bonchev–Trinajstić information content (AvgIpc) is 3.18. The predicted molar refractivity (Wildman–Crippen MR) is 96.6 cm³/mol. The van der Waals surface area contributed by atoms with E-state index in [0.29, 0.717) is 0 Å². The number of hydrogen-bond acceptors (Lipinski definition) is 4. The number of amides is 1. The van der Waals surface area contributed by atoms with E-state index in [4.69, 9.17) is 0 Å². The van der Waals surface area contributed by atoms with Crippen molar-refractivity contribution in [2.24, 2.45) is 0 Å². The molecule has 124 valence electrons. The summed E-state index contributed by atoms with van der Waals surface area (Å²) in [5.74, 6) is -0.0166. The lowest BCUT2D eigenvalue weighted by Crippen LogP contribution is -2.44. The van der Waals surface area contributed by atoms with Crippen LogP contribution in [0.25, 0.3) is 15.9 Å². The van der Waals surface area contributed by atoms with Crippen molar-refractivity contribution in [3.05, 3.63) is 47.0 Å². The van der Waals surface area contributed by atoms with Crippen molar-refractivity contribution >= 4 is 27.5 Å². The first kappa shape index (κ1) is 15.4. The van der Waals surface area contributed by atoms with Crippen LogP contribution in [0.4, 0.5) is 0 Å². The molecule has 0 aliphatic carbocycles. The molecule has 1 saturated heterocycles. The van der Waals surface area contributed by atoms with Crippen molar-refractivity contribution in [1.29, 1.82) is 0 Å². The number of nitrogens with one attached hydrogen (secondary N) is 1. The van der Waals surface area contributed by atoms with Crippen LogP contribution in [-0.4, -0.2) is 33.8 Å². The number of aromatic nitrogens is 2.